The smallest absolute Gasteiger partial charge is 0.410 e. The number of methoxy groups -OCH3 is 1. The van der Waals surface area contributed by atoms with Crippen molar-refractivity contribution in [2.24, 2.45) is 0 Å². The lowest BCUT2D eigenvalue weighted by Gasteiger charge is -2.37. The van der Waals surface area contributed by atoms with Gasteiger partial charge in [-0.3, -0.25) is 9.58 Å². The zero-order valence-electron chi connectivity index (χ0n) is 26.9. The minimum absolute atomic E-state index is 0.239. The van der Waals surface area contributed by atoms with E-state index < -0.39 is 23.7 Å². The maximum Gasteiger partial charge on any atom is 0.410 e. The second kappa shape index (κ2) is 16.8. The Labute approximate surface area is 275 Å². The van der Waals surface area contributed by atoms with E-state index in [2.05, 4.69) is 38.5 Å². The second-order valence-electron chi connectivity index (χ2n) is 11.5. The van der Waals surface area contributed by atoms with Gasteiger partial charge in [0.15, 0.2) is 23.0 Å². The molecule has 0 aromatic carbocycles. The number of hydrogen-bond acceptors (Lipinski definition) is 7. The van der Waals surface area contributed by atoms with Crippen LogP contribution in [0.4, 0.5) is 9.18 Å². The van der Waals surface area contributed by atoms with Crippen LogP contribution in [0.2, 0.25) is 0 Å². The highest BCUT2D eigenvalue weighted by Gasteiger charge is 2.46. The van der Waals surface area contributed by atoms with Gasteiger partial charge in [0, 0.05) is 50.8 Å². The molecule has 3 aliphatic rings. The van der Waals surface area contributed by atoms with Gasteiger partial charge >= 0.3 is 12.1 Å². The first kappa shape index (κ1) is 37.1. The van der Waals surface area contributed by atoms with Crippen LogP contribution >= 0.6 is 23.0 Å². The van der Waals surface area contributed by atoms with Crippen molar-refractivity contribution in [3.63, 3.8) is 0 Å². The third kappa shape index (κ3) is 9.20. The summed E-state index contributed by atoms with van der Waals surface area (Å²) in [6, 6.07) is 0. The number of terminal acetylenes is 1. The topological polar surface area (TPSA) is 86.1 Å². The van der Waals surface area contributed by atoms with Crippen LogP contribution in [0.5, 0.6) is 0 Å². The third-order valence-corrected chi connectivity index (χ3v) is 8.04. The van der Waals surface area contributed by atoms with Crippen molar-refractivity contribution in [3.8, 4) is 12.8 Å². The van der Waals surface area contributed by atoms with Crippen LogP contribution in [-0.2, 0) is 29.4 Å². The van der Waals surface area contributed by atoms with Crippen LogP contribution in [-0.4, -0.2) is 76.7 Å². The molecule has 1 spiro atoms. The van der Waals surface area contributed by atoms with Crippen LogP contribution in [0.1, 0.15) is 71.6 Å². The predicted octanol–water partition coefficient (Wildman–Crippen LogP) is 6.62. The summed E-state index contributed by atoms with van der Waals surface area (Å²) in [5.41, 5.74) is 1.40. The number of hydrogen-bond donors (Lipinski definition) is 0. The molecule has 9 nitrogen and oxygen atoms in total. The monoisotopic (exact) mass is 724 g/mol. The SMILES string of the molecule is C#C.C/C=C(\C=C/CN1CC2(CCN(Cc3cn(C(C)(C)C)nc3C3C=CC(OC)=CC3F)CC2)OC1=O)C(=O)OI.CC. The average Bonchev–Trinajstić information content (AvgIpc) is 3.58. The van der Waals surface area contributed by atoms with Gasteiger partial charge in [-0.2, -0.15) is 5.10 Å². The number of likely N-dealkylation sites (tertiary alicyclic amines) is 1. The number of allylic oxidation sites excluding steroid dienone is 4. The van der Waals surface area contributed by atoms with Gasteiger partial charge in [0.2, 0.25) is 0 Å². The zero-order valence-corrected chi connectivity index (χ0v) is 29.0. The fourth-order valence-corrected chi connectivity index (χ4v) is 5.51. The van der Waals surface area contributed by atoms with Gasteiger partial charge in [-0.15, -0.1) is 12.8 Å². The van der Waals surface area contributed by atoms with E-state index >= 15 is 4.39 Å². The van der Waals surface area contributed by atoms with Crippen molar-refractivity contribution in [2.45, 2.75) is 84.2 Å². The molecule has 2 aliphatic heterocycles. The van der Waals surface area contributed by atoms with Gasteiger partial charge in [-0.05, 0) is 39.8 Å². The van der Waals surface area contributed by atoms with E-state index in [0.717, 1.165) is 24.3 Å². The molecule has 1 amide bonds. The summed E-state index contributed by atoms with van der Waals surface area (Å²) < 4.78 is 32.9. The minimum atomic E-state index is -1.22. The van der Waals surface area contributed by atoms with Crippen molar-refractivity contribution in [3.05, 3.63) is 65.2 Å². The van der Waals surface area contributed by atoms with Crippen molar-refractivity contribution in [1.29, 1.82) is 0 Å². The number of halogens is 2. The molecule has 2 unspecified atom stereocenters. The van der Waals surface area contributed by atoms with Crippen molar-refractivity contribution >= 4 is 35.1 Å². The van der Waals surface area contributed by atoms with Crippen molar-refractivity contribution in [2.75, 3.05) is 33.3 Å². The molecule has 4 rings (SSSR count). The van der Waals surface area contributed by atoms with Gasteiger partial charge in [-0.25, -0.2) is 14.0 Å². The van der Waals surface area contributed by atoms with Crippen molar-refractivity contribution < 1.29 is 26.5 Å². The molecule has 44 heavy (non-hydrogen) atoms. The van der Waals surface area contributed by atoms with Gasteiger partial charge < -0.3 is 17.4 Å². The number of piperidine rings is 1. The second-order valence-corrected chi connectivity index (χ2v) is 11.9. The van der Waals surface area contributed by atoms with Gasteiger partial charge in [0.25, 0.3) is 0 Å². The summed E-state index contributed by atoms with van der Waals surface area (Å²) in [5, 5.41) is 4.84. The number of carbonyl (C=O) groups excluding carboxylic acids is 2. The number of rotatable bonds is 8. The van der Waals surface area contributed by atoms with E-state index in [1.807, 2.05) is 30.8 Å². The fourth-order valence-electron chi connectivity index (χ4n) is 5.25. The molecule has 2 atom stereocenters. The van der Waals surface area contributed by atoms with Crippen LogP contribution in [0, 0.1) is 12.8 Å². The highest BCUT2D eigenvalue weighted by molar-refractivity contribution is 14.1. The molecule has 242 valence electrons. The maximum atomic E-state index is 15.2. The number of amides is 1. The summed E-state index contributed by atoms with van der Waals surface area (Å²) >= 11 is 1.56. The van der Waals surface area contributed by atoms with Crippen LogP contribution in [0.25, 0.3) is 0 Å². The molecule has 1 aromatic heterocycles. The summed E-state index contributed by atoms with van der Waals surface area (Å²) in [6.45, 7) is 15.0. The van der Waals surface area contributed by atoms with E-state index in [4.69, 9.17) is 17.6 Å². The van der Waals surface area contributed by atoms with Crippen LogP contribution in [0.15, 0.2) is 54.0 Å². The van der Waals surface area contributed by atoms with E-state index in [1.54, 1.807) is 59.1 Å². The normalized spacial score (nSPS) is 21.6. The van der Waals surface area contributed by atoms with Gasteiger partial charge in [0.05, 0.1) is 36.4 Å². The number of ether oxygens (including phenoxy) is 2. The van der Waals surface area contributed by atoms with Crippen LogP contribution in [0.3, 0.4) is 0 Å². The summed E-state index contributed by atoms with van der Waals surface area (Å²) in [5.74, 6) is -0.392. The average molecular weight is 725 g/mol. The Hall–Kier alpha value is -3.11. The molecule has 0 N–H and O–H groups in total. The first-order chi connectivity index (χ1) is 21.0. The fraction of sp³-hybridized carbons (Fsp3) is 0.545. The summed E-state index contributed by atoms with van der Waals surface area (Å²) in [6.07, 6.45) is 20.1. The molecule has 1 aromatic rings. The lowest BCUT2D eigenvalue weighted by Crippen LogP contribution is -2.46. The lowest BCUT2D eigenvalue weighted by atomic mass is 9.90. The molecular formula is C33H46FIN4O5. The molecule has 2 saturated heterocycles. The number of alkyl halides is 1. The number of carbonyl (C=O) groups is 2. The third-order valence-electron chi connectivity index (χ3n) is 7.64. The predicted molar refractivity (Wildman–Crippen MR) is 179 cm³/mol. The highest BCUT2D eigenvalue weighted by Crippen LogP contribution is 2.36. The Morgan fingerprint density at radius 1 is 1.27 bits per heavy atom. The van der Waals surface area contributed by atoms with E-state index in [9.17, 15) is 9.59 Å². The standard InChI is InChI=1S/C29H38FIN4O5.C2H6.C2H2/c1-6-20(26(36)40-31)8-7-13-34-19-29(39-27(34)37)11-14-33(15-12-29)17-21-18-35(28(2,3)4)32-25(21)23-10-9-22(38-5)16-24(23)30;2*1-2/h6-10,16,18,23-24H,11-15,17,19H2,1-5H3;1-2H3;1-2H/b8-7-,20-6+;;. The first-order valence-electron chi connectivity index (χ1n) is 14.8. The molecule has 3 heterocycles. The molecule has 1 aliphatic carbocycles. The van der Waals surface area contributed by atoms with Gasteiger partial charge in [0.1, 0.15) is 17.5 Å². The molecule has 2 fully saturated rings. The van der Waals surface area contributed by atoms with E-state index in [-0.39, 0.29) is 11.6 Å². The summed E-state index contributed by atoms with van der Waals surface area (Å²) in [4.78, 5) is 28.4. The minimum Gasteiger partial charge on any atom is -0.497 e. The van der Waals surface area contributed by atoms with Gasteiger partial charge in [-0.1, -0.05) is 38.2 Å². The lowest BCUT2D eigenvalue weighted by molar-refractivity contribution is -0.126. The maximum absolute atomic E-state index is 15.2. The Bertz CT molecular complexity index is 1270. The molecular weight excluding hydrogens is 678 g/mol. The number of nitrogens with zero attached hydrogens (tertiary/aromatic N) is 4. The largest absolute Gasteiger partial charge is 0.497 e. The molecule has 0 radical (unpaired) electrons. The first-order valence-corrected chi connectivity index (χ1v) is 15.7. The van der Waals surface area contributed by atoms with Crippen molar-refractivity contribution in [1.82, 2.24) is 19.6 Å². The molecule has 0 saturated carbocycles. The highest BCUT2D eigenvalue weighted by atomic mass is 127. The molecule has 11 heteroatoms. The van der Waals surface area contributed by atoms with E-state index in [1.165, 1.54) is 13.2 Å². The Kier molecular flexibility index (Phi) is 14.2. The Morgan fingerprint density at radius 3 is 2.48 bits per heavy atom. The number of aromatic nitrogens is 2. The Morgan fingerprint density at radius 2 is 1.93 bits per heavy atom. The Balaban J connectivity index is 0.00000162. The van der Waals surface area contributed by atoms with Crippen LogP contribution < -0.4 is 0 Å². The zero-order chi connectivity index (χ0) is 33.1. The quantitative estimate of drug-likeness (QED) is 0.129. The van der Waals surface area contributed by atoms with E-state index in [0.29, 0.717) is 43.8 Å². The summed E-state index contributed by atoms with van der Waals surface area (Å²) in [7, 11) is 1.54. The molecule has 0 bridgehead atoms.